The minimum atomic E-state index is -3.27. The van der Waals surface area contributed by atoms with Gasteiger partial charge in [0.05, 0.1) is 16.2 Å². The Balaban J connectivity index is 2.75. The summed E-state index contributed by atoms with van der Waals surface area (Å²) >= 11 is 0. The van der Waals surface area contributed by atoms with E-state index in [2.05, 4.69) is 19.2 Å². The molecule has 0 aromatic heterocycles. The summed E-state index contributed by atoms with van der Waals surface area (Å²) in [7, 11) is -3.27. The van der Waals surface area contributed by atoms with Gasteiger partial charge in [0.25, 0.3) is 0 Å². The van der Waals surface area contributed by atoms with E-state index in [9.17, 15) is 13.5 Å². The molecular formula is C15H25NO3S. The number of hydrogen-bond donors (Lipinski definition) is 2. The summed E-state index contributed by atoms with van der Waals surface area (Å²) in [5, 5.41) is 13.4. The van der Waals surface area contributed by atoms with Gasteiger partial charge in [0.15, 0.2) is 9.84 Å². The molecular weight excluding hydrogens is 274 g/mol. The van der Waals surface area contributed by atoms with Crippen molar-refractivity contribution in [3.05, 3.63) is 24.3 Å². The predicted octanol–water partition coefficient (Wildman–Crippen LogP) is 2.69. The van der Waals surface area contributed by atoms with Crippen LogP contribution in [0.3, 0.4) is 0 Å². The molecule has 5 heteroatoms. The van der Waals surface area contributed by atoms with Gasteiger partial charge in [0.1, 0.15) is 0 Å². The second kappa shape index (κ2) is 6.59. The largest absolute Gasteiger partial charge is 0.388 e. The van der Waals surface area contributed by atoms with Gasteiger partial charge < -0.3 is 10.4 Å². The summed E-state index contributed by atoms with van der Waals surface area (Å²) in [4.78, 5) is 0.264. The molecule has 114 valence electrons. The van der Waals surface area contributed by atoms with E-state index >= 15 is 0 Å². The summed E-state index contributed by atoms with van der Waals surface area (Å²) in [6.45, 7) is 6.32. The van der Waals surface area contributed by atoms with Crippen LogP contribution in [-0.2, 0) is 9.84 Å². The summed E-state index contributed by atoms with van der Waals surface area (Å²) in [5.41, 5.74) is -0.311. The number of para-hydroxylation sites is 1. The van der Waals surface area contributed by atoms with E-state index in [0.717, 1.165) is 6.42 Å². The smallest absolute Gasteiger partial charge is 0.177 e. The van der Waals surface area contributed by atoms with E-state index in [4.69, 9.17) is 0 Å². The van der Waals surface area contributed by atoms with Crippen LogP contribution >= 0.6 is 0 Å². The molecule has 0 aliphatic heterocycles. The summed E-state index contributed by atoms with van der Waals surface area (Å²) in [5.74, 6) is 0.532. The van der Waals surface area contributed by atoms with Crippen molar-refractivity contribution in [2.24, 2.45) is 5.92 Å². The monoisotopic (exact) mass is 299 g/mol. The van der Waals surface area contributed by atoms with Crippen LogP contribution in [0, 0.1) is 5.92 Å². The Morgan fingerprint density at radius 2 is 1.90 bits per heavy atom. The third-order valence-corrected chi connectivity index (χ3v) is 4.36. The van der Waals surface area contributed by atoms with E-state index in [0.29, 0.717) is 24.6 Å². The molecule has 4 nitrogen and oxygen atoms in total. The van der Waals surface area contributed by atoms with E-state index < -0.39 is 15.4 Å². The van der Waals surface area contributed by atoms with Gasteiger partial charge in [0.2, 0.25) is 0 Å². The first-order valence-corrected chi connectivity index (χ1v) is 8.76. The Hall–Kier alpha value is -1.07. The van der Waals surface area contributed by atoms with Crippen LogP contribution in [0.1, 0.15) is 33.6 Å². The first-order valence-electron chi connectivity index (χ1n) is 6.87. The standard InChI is InChI=1S/C15H25NO3S/c1-12(2)9-10-15(3,17)11-16-13-7-5-6-8-14(13)20(4,18)19/h5-8,12,16-17H,9-11H2,1-4H3. The quantitative estimate of drug-likeness (QED) is 0.812. The SMILES string of the molecule is CC(C)CCC(C)(O)CNc1ccccc1S(C)(=O)=O. The molecule has 0 aliphatic rings. The number of sulfone groups is 1. The Bertz CT molecular complexity index is 536. The Morgan fingerprint density at radius 3 is 2.45 bits per heavy atom. The van der Waals surface area contributed by atoms with E-state index in [-0.39, 0.29) is 4.90 Å². The first kappa shape index (κ1) is 17.0. The fourth-order valence-corrected chi connectivity index (χ4v) is 2.78. The van der Waals surface area contributed by atoms with Crippen molar-refractivity contribution in [1.29, 1.82) is 0 Å². The van der Waals surface area contributed by atoms with Gasteiger partial charge >= 0.3 is 0 Å². The third kappa shape index (κ3) is 5.51. The zero-order chi connectivity index (χ0) is 15.4. The Kier molecular flexibility index (Phi) is 5.59. The Morgan fingerprint density at radius 1 is 1.30 bits per heavy atom. The van der Waals surface area contributed by atoms with Gasteiger partial charge in [0, 0.05) is 12.8 Å². The minimum absolute atomic E-state index is 0.264. The number of nitrogens with one attached hydrogen (secondary N) is 1. The van der Waals surface area contributed by atoms with Crippen molar-refractivity contribution in [2.45, 2.75) is 44.1 Å². The fourth-order valence-electron chi connectivity index (χ4n) is 1.91. The molecule has 1 unspecified atom stereocenters. The maximum absolute atomic E-state index is 11.7. The molecule has 0 heterocycles. The minimum Gasteiger partial charge on any atom is -0.388 e. The van der Waals surface area contributed by atoms with Crippen molar-refractivity contribution in [3.63, 3.8) is 0 Å². The number of rotatable bonds is 7. The second-order valence-corrected chi connectivity index (χ2v) is 8.04. The van der Waals surface area contributed by atoms with Crippen molar-refractivity contribution < 1.29 is 13.5 Å². The number of hydrogen-bond acceptors (Lipinski definition) is 4. The molecule has 0 spiro atoms. The molecule has 0 fully saturated rings. The lowest BCUT2D eigenvalue weighted by molar-refractivity contribution is 0.0585. The van der Waals surface area contributed by atoms with Crippen molar-refractivity contribution in [3.8, 4) is 0 Å². The van der Waals surface area contributed by atoms with Crippen molar-refractivity contribution >= 4 is 15.5 Å². The van der Waals surface area contributed by atoms with Crippen LogP contribution in [0.5, 0.6) is 0 Å². The number of anilines is 1. The lowest BCUT2D eigenvalue weighted by Crippen LogP contribution is -2.34. The zero-order valence-electron chi connectivity index (χ0n) is 12.7. The highest BCUT2D eigenvalue weighted by molar-refractivity contribution is 7.90. The molecule has 1 rings (SSSR count). The van der Waals surface area contributed by atoms with Crippen LogP contribution < -0.4 is 5.32 Å². The van der Waals surface area contributed by atoms with Crippen molar-refractivity contribution in [2.75, 3.05) is 18.1 Å². The molecule has 1 atom stereocenters. The first-order chi connectivity index (χ1) is 9.12. The van der Waals surface area contributed by atoms with Crippen LogP contribution in [0.2, 0.25) is 0 Å². The molecule has 2 N–H and O–H groups in total. The average Bonchev–Trinajstić information content (AvgIpc) is 2.34. The van der Waals surface area contributed by atoms with Crippen LogP contribution in [-0.4, -0.2) is 31.9 Å². The number of benzene rings is 1. The predicted molar refractivity (Wildman–Crippen MR) is 82.7 cm³/mol. The van der Waals surface area contributed by atoms with E-state index in [1.807, 2.05) is 0 Å². The normalized spacial score (nSPS) is 15.1. The molecule has 0 saturated heterocycles. The van der Waals surface area contributed by atoms with Gasteiger partial charge in [-0.2, -0.15) is 0 Å². The Labute approximate surface area is 122 Å². The maximum Gasteiger partial charge on any atom is 0.177 e. The molecule has 0 saturated carbocycles. The van der Waals surface area contributed by atoms with Crippen LogP contribution in [0.25, 0.3) is 0 Å². The average molecular weight is 299 g/mol. The molecule has 0 bridgehead atoms. The maximum atomic E-state index is 11.7. The zero-order valence-corrected chi connectivity index (χ0v) is 13.5. The number of aliphatic hydroxyl groups is 1. The van der Waals surface area contributed by atoms with Crippen LogP contribution in [0.4, 0.5) is 5.69 Å². The molecule has 0 aliphatic carbocycles. The molecule has 1 aromatic carbocycles. The van der Waals surface area contributed by atoms with Gasteiger partial charge in [-0.15, -0.1) is 0 Å². The molecule has 0 radical (unpaired) electrons. The molecule has 0 amide bonds. The van der Waals surface area contributed by atoms with Crippen molar-refractivity contribution in [1.82, 2.24) is 0 Å². The molecule has 20 heavy (non-hydrogen) atoms. The van der Waals surface area contributed by atoms with Gasteiger partial charge in [-0.05, 0) is 37.8 Å². The topological polar surface area (TPSA) is 66.4 Å². The highest BCUT2D eigenvalue weighted by atomic mass is 32.2. The third-order valence-electron chi connectivity index (χ3n) is 3.21. The van der Waals surface area contributed by atoms with Gasteiger partial charge in [-0.25, -0.2) is 8.42 Å². The van der Waals surface area contributed by atoms with Crippen LogP contribution in [0.15, 0.2) is 29.2 Å². The second-order valence-electron chi connectivity index (χ2n) is 6.05. The highest BCUT2D eigenvalue weighted by Gasteiger charge is 2.21. The van der Waals surface area contributed by atoms with E-state index in [1.54, 1.807) is 31.2 Å². The summed E-state index contributed by atoms with van der Waals surface area (Å²) in [6, 6.07) is 6.76. The highest BCUT2D eigenvalue weighted by Crippen LogP contribution is 2.23. The fraction of sp³-hybridized carbons (Fsp3) is 0.600. The summed E-state index contributed by atoms with van der Waals surface area (Å²) in [6.07, 6.45) is 2.80. The summed E-state index contributed by atoms with van der Waals surface area (Å²) < 4.78 is 23.4. The molecule has 1 aromatic rings. The van der Waals surface area contributed by atoms with Gasteiger partial charge in [-0.3, -0.25) is 0 Å². The van der Waals surface area contributed by atoms with E-state index in [1.165, 1.54) is 6.26 Å². The lowest BCUT2D eigenvalue weighted by atomic mass is 9.95. The lowest BCUT2D eigenvalue weighted by Gasteiger charge is -2.25. The van der Waals surface area contributed by atoms with Gasteiger partial charge in [-0.1, -0.05) is 26.0 Å².